The molecule has 0 radical (unpaired) electrons. The summed E-state index contributed by atoms with van der Waals surface area (Å²) in [6, 6.07) is 10.0. The minimum atomic E-state index is -1.64. The van der Waals surface area contributed by atoms with Crippen LogP contribution >= 0.6 is 0 Å². The molecule has 0 bridgehead atoms. The molecule has 10 heteroatoms. The van der Waals surface area contributed by atoms with E-state index in [0.717, 1.165) is 0 Å². The van der Waals surface area contributed by atoms with E-state index >= 15 is 0 Å². The fourth-order valence-electron chi connectivity index (χ4n) is 5.10. The molecule has 0 saturated heterocycles. The van der Waals surface area contributed by atoms with Crippen molar-refractivity contribution in [2.45, 2.75) is 31.3 Å². The first-order chi connectivity index (χ1) is 17.6. The Hall–Kier alpha value is -4.86. The second-order valence-electron chi connectivity index (χ2n) is 8.79. The molecule has 0 atom stereocenters. The fraction of sp³-hybridized carbons (Fsp3) is 0.185. The maximum absolute atomic E-state index is 13.4. The standard InChI is InChI=1S/C27H20O10/c28-12-17-16(4-8-24(33)34)13(1-7-23(31)32)9-20-25(17)26(35)37-27(20)18-5-2-14(29)10-21(18)36-22-11-15(30)3-6-19(22)27/h2-3,5-6,9-12,29-30H,1,4,7-8H2,(H,31,32)(H,33,34). The zero-order valence-corrected chi connectivity index (χ0v) is 19.2. The van der Waals surface area contributed by atoms with Gasteiger partial charge < -0.3 is 29.9 Å². The smallest absolute Gasteiger partial charge is 0.340 e. The lowest BCUT2D eigenvalue weighted by molar-refractivity contribution is -0.138. The SMILES string of the molecule is O=Cc1c(CCC(=O)O)c(CCC(=O)O)cc2c1C(=O)OC21c2ccc(O)cc2Oc2cc(O)ccc21. The van der Waals surface area contributed by atoms with Gasteiger partial charge in [0.1, 0.15) is 23.0 Å². The van der Waals surface area contributed by atoms with E-state index in [0.29, 0.717) is 23.0 Å². The van der Waals surface area contributed by atoms with Gasteiger partial charge in [0.15, 0.2) is 11.9 Å². The predicted molar refractivity (Wildman–Crippen MR) is 125 cm³/mol. The molecule has 188 valence electrons. The van der Waals surface area contributed by atoms with Gasteiger partial charge in [-0.15, -0.1) is 0 Å². The summed E-state index contributed by atoms with van der Waals surface area (Å²) in [7, 11) is 0. The van der Waals surface area contributed by atoms with Crippen molar-refractivity contribution in [2.24, 2.45) is 0 Å². The number of fused-ring (bicyclic) bond motifs is 6. The first-order valence-corrected chi connectivity index (χ1v) is 11.3. The summed E-state index contributed by atoms with van der Waals surface area (Å²) >= 11 is 0. The lowest BCUT2D eigenvalue weighted by Gasteiger charge is -2.36. The number of phenols is 2. The summed E-state index contributed by atoms with van der Waals surface area (Å²) < 4.78 is 11.9. The maximum Gasteiger partial charge on any atom is 0.340 e. The Morgan fingerprint density at radius 2 is 1.41 bits per heavy atom. The average Bonchev–Trinajstić information content (AvgIpc) is 3.12. The molecule has 5 rings (SSSR count). The van der Waals surface area contributed by atoms with E-state index in [4.69, 9.17) is 9.47 Å². The number of benzene rings is 3. The van der Waals surface area contributed by atoms with Crippen LogP contribution in [0.5, 0.6) is 23.0 Å². The van der Waals surface area contributed by atoms with Crippen LogP contribution < -0.4 is 4.74 Å². The van der Waals surface area contributed by atoms with Crippen molar-refractivity contribution >= 4 is 24.2 Å². The van der Waals surface area contributed by atoms with E-state index < -0.39 is 23.5 Å². The van der Waals surface area contributed by atoms with E-state index in [1.54, 1.807) is 6.07 Å². The third kappa shape index (κ3) is 3.74. The van der Waals surface area contributed by atoms with Crippen LogP contribution in [0.1, 0.15) is 61.4 Å². The Balaban J connectivity index is 1.85. The van der Waals surface area contributed by atoms with E-state index in [-0.39, 0.29) is 70.9 Å². The molecule has 2 heterocycles. The van der Waals surface area contributed by atoms with Crippen molar-refractivity contribution in [2.75, 3.05) is 0 Å². The molecular formula is C27H20O10. The van der Waals surface area contributed by atoms with Crippen LogP contribution in [-0.2, 0) is 32.8 Å². The lowest BCUT2D eigenvalue weighted by Crippen LogP contribution is -2.33. The molecule has 3 aromatic carbocycles. The number of hydrogen-bond donors (Lipinski definition) is 4. The third-order valence-corrected chi connectivity index (χ3v) is 6.62. The van der Waals surface area contributed by atoms with Gasteiger partial charge >= 0.3 is 17.9 Å². The molecule has 10 nitrogen and oxygen atoms in total. The van der Waals surface area contributed by atoms with Crippen molar-refractivity contribution in [3.05, 3.63) is 81.4 Å². The van der Waals surface area contributed by atoms with Crippen molar-refractivity contribution in [3.8, 4) is 23.0 Å². The minimum Gasteiger partial charge on any atom is -0.508 e. The fourth-order valence-corrected chi connectivity index (χ4v) is 5.10. The van der Waals surface area contributed by atoms with Crippen LogP contribution in [0.15, 0.2) is 42.5 Å². The van der Waals surface area contributed by atoms with Crippen molar-refractivity contribution < 1.29 is 49.1 Å². The van der Waals surface area contributed by atoms with Gasteiger partial charge in [-0.3, -0.25) is 14.4 Å². The molecule has 0 aromatic heterocycles. The van der Waals surface area contributed by atoms with Gasteiger partial charge in [0.25, 0.3) is 0 Å². The van der Waals surface area contributed by atoms with E-state index in [9.17, 15) is 39.6 Å². The largest absolute Gasteiger partial charge is 0.508 e. The molecule has 0 amide bonds. The number of carbonyl (C=O) groups is 4. The molecule has 0 unspecified atom stereocenters. The summed E-state index contributed by atoms with van der Waals surface area (Å²) in [5, 5.41) is 38.7. The summed E-state index contributed by atoms with van der Waals surface area (Å²) in [6.45, 7) is 0. The summed E-state index contributed by atoms with van der Waals surface area (Å²) in [4.78, 5) is 48.4. The van der Waals surface area contributed by atoms with Crippen LogP contribution in [0.3, 0.4) is 0 Å². The molecule has 2 aliphatic rings. The number of aliphatic carboxylic acids is 2. The van der Waals surface area contributed by atoms with Crippen LogP contribution in [-0.4, -0.2) is 44.6 Å². The van der Waals surface area contributed by atoms with Crippen LogP contribution in [0.4, 0.5) is 0 Å². The zero-order chi connectivity index (χ0) is 26.5. The number of carboxylic acid groups (broad SMARTS) is 2. The number of aryl methyl sites for hydroxylation is 1. The van der Waals surface area contributed by atoms with Crippen LogP contribution in [0.25, 0.3) is 0 Å². The summed E-state index contributed by atoms with van der Waals surface area (Å²) in [6.07, 6.45) is -0.293. The molecule has 1 spiro atoms. The number of carboxylic acids is 2. The molecule has 0 fully saturated rings. The molecule has 3 aromatic rings. The maximum atomic E-state index is 13.4. The predicted octanol–water partition coefficient (Wildman–Crippen LogP) is 3.51. The second-order valence-corrected chi connectivity index (χ2v) is 8.79. The van der Waals surface area contributed by atoms with E-state index in [1.807, 2.05) is 0 Å². The second kappa shape index (κ2) is 8.66. The molecular weight excluding hydrogens is 484 g/mol. The first-order valence-electron chi connectivity index (χ1n) is 11.3. The molecule has 2 aliphatic heterocycles. The molecule has 4 N–H and O–H groups in total. The number of carbonyl (C=O) groups excluding carboxylic acids is 2. The van der Waals surface area contributed by atoms with Crippen molar-refractivity contribution in [1.29, 1.82) is 0 Å². The Labute approximate surface area is 209 Å². The number of aldehydes is 1. The van der Waals surface area contributed by atoms with Gasteiger partial charge in [-0.1, -0.05) is 0 Å². The number of ether oxygens (including phenoxy) is 2. The Morgan fingerprint density at radius 1 is 0.838 bits per heavy atom. The van der Waals surface area contributed by atoms with Gasteiger partial charge in [0, 0.05) is 47.2 Å². The highest BCUT2D eigenvalue weighted by atomic mass is 16.6. The summed E-state index contributed by atoms with van der Waals surface area (Å²) in [5.74, 6) is -3.00. The lowest BCUT2D eigenvalue weighted by atomic mass is 9.75. The highest BCUT2D eigenvalue weighted by Crippen LogP contribution is 2.57. The van der Waals surface area contributed by atoms with Crippen LogP contribution in [0.2, 0.25) is 0 Å². The van der Waals surface area contributed by atoms with Crippen molar-refractivity contribution in [1.82, 2.24) is 0 Å². The highest BCUT2D eigenvalue weighted by molar-refractivity contribution is 6.05. The number of phenolic OH excluding ortho intramolecular Hbond substituents is 2. The topological polar surface area (TPSA) is 168 Å². The number of esters is 1. The minimum absolute atomic E-state index is 0.0238. The third-order valence-electron chi connectivity index (χ3n) is 6.62. The zero-order valence-electron chi connectivity index (χ0n) is 19.2. The molecule has 37 heavy (non-hydrogen) atoms. The highest BCUT2D eigenvalue weighted by Gasteiger charge is 2.55. The van der Waals surface area contributed by atoms with E-state index in [2.05, 4.69) is 0 Å². The summed E-state index contributed by atoms with van der Waals surface area (Å²) in [5.41, 5.74) is -0.157. The van der Waals surface area contributed by atoms with Gasteiger partial charge in [-0.05, 0) is 54.3 Å². The van der Waals surface area contributed by atoms with Gasteiger partial charge in [0.2, 0.25) is 0 Å². The monoisotopic (exact) mass is 504 g/mol. The average molecular weight is 504 g/mol. The van der Waals surface area contributed by atoms with Gasteiger partial charge in [-0.2, -0.15) is 0 Å². The quantitative estimate of drug-likeness (QED) is 0.276. The Bertz CT molecular complexity index is 1450. The molecule has 0 aliphatic carbocycles. The van der Waals surface area contributed by atoms with Crippen molar-refractivity contribution in [3.63, 3.8) is 0 Å². The number of hydrogen-bond acceptors (Lipinski definition) is 8. The van der Waals surface area contributed by atoms with Gasteiger partial charge in [-0.25, -0.2) is 4.79 Å². The first kappa shape index (κ1) is 23.9. The van der Waals surface area contributed by atoms with Gasteiger partial charge in [0.05, 0.1) is 5.56 Å². The Kier molecular flexibility index (Phi) is 5.59. The number of rotatable bonds is 7. The Morgan fingerprint density at radius 3 is 1.95 bits per heavy atom. The molecule has 0 saturated carbocycles. The number of aromatic hydroxyl groups is 2. The normalized spacial score (nSPS) is 14.2. The van der Waals surface area contributed by atoms with Crippen LogP contribution in [0, 0.1) is 0 Å². The van der Waals surface area contributed by atoms with E-state index in [1.165, 1.54) is 36.4 Å².